The number of aromatic nitrogens is 1. The number of nitrogens with zero attached hydrogens (tertiary/aromatic N) is 2. The summed E-state index contributed by atoms with van der Waals surface area (Å²) in [7, 11) is 0.918. The lowest BCUT2D eigenvalue weighted by molar-refractivity contribution is 0.381. The average molecular weight is 453 g/mol. The molecule has 0 bridgehead atoms. The van der Waals surface area contributed by atoms with E-state index in [1.165, 1.54) is 19.2 Å². The summed E-state index contributed by atoms with van der Waals surface area (Å²) in [6.45, 7) is 2.21. The van der Waals surface area contributed by atoms with Crippen molar-refractivity contribution in [2.45, 2.75) is 11.8 Å². The van der Waals surface area contributed by atoms with Gasteiger partial charge in [0, 0.05) is 13.1 Å². The Morgan fingerprint density at radius 2 is 1.72 bits per heavy atom. The highest BCUT2D eigenvalue weighted by atomic mass is 32.2. The highest BCUT2D eigenvalue weighted by Gasteiger charge is 2.19. The number of aryl methyl sites for hydroxylation is 1. The molecule has 0 saturated carbocycles. The number of para-hydroxylation sites is 2. The number of hydrogen-bond donors (Lipinski definition) is 0. The molecule has 0 saturated heterocycles. The van der Waals surface area contributed by atoms with Crippen molar-refractivity contribution in [2.24, 2.45) is 0 Å². The molecule has 8 heteroatoms. The number of rotatable bonds is 7. The largest absolute Gasteiger partial charge is 0.495 e. The first-order chi connectivity index (χ1) is 15.3. The number of ether oxygens (including phenoxy) is 2. The standard InChI is InChI=1S/C24H24N2O5S/c1-18-11-13-20(14-12-18)32(27,28)31-22-10-6-5-9-21(22)26(2)15-7-8-19-17-25-24(30-4)16-23(19)29-3/h5-6,9-14,16-17H,15H2,1-4H3. The van der Waals surface area contributed by atoms with Crippen LogP contribution < -0.4 is 18.6 Å². The van der Waals surface area contributed by atoms with Crippen molar-refractivity contribution >= 4 is 15.8 Å². The molecule has 32 heavy (non-hydrogen) atoms. The SMILES string of the molecule is COc1cc(OC)c(C#CCN(C)c2ccccc2OS(=O)(=O)c2ccc(C)cc2)cn1. The lowest BCUT2D eigenvalue weighted by Gasteiger charge is -2.19. The fourth-order valence-corrected chi connectivity index (χ4v) is 3.79. The molecule has 166 valence electrons. The first-order valence-corrected chi connectivity index (χ1v) is 11.1. The van der Waals surface area contributed by atoms with Crippen LogP contribution in [0.1, 0.15) is 11.1 Å². The molecule has 2 aromatic carbocycles. The Bertz CT molecular complexity index is 1250. The van der Waals surface area contributed by atoms with Crippen molar-refractivity contribution in [3.8, 4) is 29.2 Å². The van der Waals surface area contributed by atoms with E-state index in [1.807, 2.05) is 6.92 Å². The van der Waals surface area contributed by atoms with Crippen LogP contribution in [-0.4, -0.2) is 41.2 Å². The van der Waals surface area contributed by atoms with Crippen molar-refractivity contribution in [1.29, 1.82) is 0 Å². The Labute approximate surface area is 188 Å². The minimum atomic E-state index is -3.96. The van der Waals surface area contributed by atoms with Crippen LogP contribution in [-0.2, 0) is 10.1 Å². The predicted molar refractivity (Wildman–Crippen MR) is 123 cm³/mol. The Hall–Kier alpha value is -3.70. The predicted octanol–water partition coefficient (Wildman–Crippen LogP) is 3.66. The molecular weight excluding hydrogens is 428 g/mol. The van der Waals surface area contributed by atoms with Gasteiger partial charge in [-0.3, -0.25) is 0 Å². The molecule has 3 aromatic rings. The fraction of sp³-hybridized carbons (Fsp3) is 0.208. The van der Waals surface area contributed by atoms with Gasteiger partial charge in [0.05, 0.1) is 38.2 Å². The van der Waals surface area contributed by atoms with Crippen molar-refractivity contribution in [1.82, 2.24) is 4.98 Å². The first kappa shape index (κ1) is 23.0. The van der Waals surface area contributed by atoms with Gasteiger partial charge in [-0.15, -0.1) is 0 Å². The molecule has 1 heterocycles. The molecule has 7 nitrogen and oxygen atoms in total. The molecule has 0 atom stereocenters. The third-order valence-electron chi connectivity index (χ3n) is 4.59. The van der Waals surface area contributed by atoms with E-state index in [0.717, 1.165) is 5.56 Å². The Balaban J connectivity index is 1.79. The maximum atomic E-state index is 12.7. The van der Waals surface area contributed by atoms with Crippen molar-refractivity contribution in [2.75, 3.05) is 32.7 Å². The van der Waals surface area contributed by atoms with Crippen LogP contribution in [0.5, 0.6) is 17.4 Å². The Kier molecular flexibility index (Phi) is 7.23. The summed E-state index contributed by atoms with van der Waals surface area (Å²) >= 11 is 0. The van der Waals surface area contributed by atoms with E-state index in [4.69, 9.17) is 13.7 Å². The quantitative estimate of drug-likeness (QED) is 0.400. The number of benzene rings is 2. The summed E-state index contributed by atoms with van der Waals surface area (Å²) in [5, 5.41) is 0. The van der Waals surface area contributed by atoms with E-state index < -0.39 is 10.1 Å². The van der Waals surface area contributed by atoms with Gasteiger partial charge >= 0.3 is 10.1 Å². The molecule has 0 radical (unpaired) electrons. The third kappa shape index (κ3) is 5.50. The second kappa shape index (κ2) is 10.1. The van der Waals surface area contributed by atoms with Gasteiger partial charge in [0.15, 0.2) is 5.75 Å². The third-order valence-corrected chi connectivity index (χ3v) is 5.84. The van der Waals surface area contributed by atoms with Gasteiger partial charge in [-0.25, -0.2) is 4.98 Å². The molecule has 0 aliphatic carbocycles. The van der Waals surface area contributed by atoms with E-state index in [2.05, 4.69) is 16.8 Å². The highest BCUT2D eigenvalue weighted by molar-refractivity contribution is 7.87. The van der Waals surface area contributed by atoms with Crippen LogP contribution in [0.2, 0.25) is 0 Å². The van der Waals surface area contributed by atoms with Crippen LogP contribution in [0.15, 0.2) is 65.7 Å². The second-order valence-corrected chi connectivity index (χ2v) is 8.45. The summed E-state index contributed by atoms with van der Waals surface area (Å²) < 4.78 is 41.3. The number of methoxy groups -OCH3 is 2. The summed E-state index contributed by atoms with van der Waals surface area (Å²) in [5.74, 6) is 7.29. The topological polar surface area (TPSA) is 78.0 Å². The number of hydrogen-bond acceptors (Lipinski definition) is 7. The van der Waals surface area contributed by atoms with E-state index in [-0.39, 0.29) is 10.6 Å². The van der Waals surface area contributed by atoms with Gasteiger partial charge in [-0.05, 0) is 31.2 Å². The smallest absolute Gasteiger partial charge is 0.339 e. The fourth-order valence-electron chi connectivity index (χ4n) is 2.85. The number of pyridine rings is 1. The van der Waals surface area contributed by atoms with Crippen LogP contribution in [0.4, 0.5) is 5.69 Å². The van der Waals surface area contributed by atoms with Gasteiger partial charge in [0.2, 0.25) is 5.88 Å². The molecule has 1 aromatic heterocycles. The Morgan fingerprint density at radius 1 is 1.00 bits per heavy atom. The molecule has 0 N–H and O–H groups in total. The summed E-state index contributed by atoms with van der Waals surface area (Å²) in [4.78, 5) is 6.04. The van der Waals surface area contributed by atoms with E-state index >= 15 is 0 Å². The molecule has 0 amide bonds. The maximum Gasteiger partial charge on any atom is 0.339 e. The molecule has 3 rings (SSSR count). The van der Waals surface area contributed by atoms with E-state index in [1.54, 1.807) is 67.7 Å². The lowest BCUT2D eigenvalue weighted by Crippen LogP contribution is -2.19. The van der Waals surface area contributed by atoms with Gasteiger partial charge in [0.1, 0.15) is 10.6 Å². The van der Waals surface area contributed by atoms with Gasteiger partial charge in [-0.2, -0.15) is 8.42 Å². The second-order valence-electron chi connectivity index (χ2n) is 6.90. The van der Waals surface area contributed by atoms with Gasteiger partial charge in [0.25, 0.3) is 0 Å². The van der Waals surface area contributed by atoms with Gasteiger partial charge < -0.3 is 18.6 Å². The summed E-state index contributed by atoms with van der Waals surface area (Å²) in [5.41, 5.74) is 2.18. The Morgan fingerprint density at radius 3 is 2.41 bits per heavy atom. The zero-order valence-electron chi connectivity index (χ0n) is 18.3. The molecule has 0 fully saturated rings. The minimum absolute atomic E-state index is 0.0967. The molecule has 0 aliphatic rings. The van der Waals surface area contributed by atoms with Crippen LogP contribution in [0, 0.1) is 18.8 Å². The monoisotopic (exact) mass is 452 g/mol. The molecule has 0 spiro atoms. The average Bonchev–Trinajstić information content (AvgIpc) is 2.79. The van der Waals surface area contributed by atoms with Gasteiger partial charge in [-0.1, -0.05) is 41.7 Å². The zero-order valence-corrected chi connectivity index (χ0v) is 19.1. The maximum absolute atomic E-state index is 12.7. The minimum Gasteiger partial charge on any atom is -0.495 e. The van der Waals surface area contributed by atoms with Crippen molar-refractivity contribution in [3.05, 3.63) is 71.9 Å². The van der Waals surface area contributed by atoms with Crippen LogP contribution in [0.25, 0.3) is 0 Å². The van der Waals surface area contributed by atoms with Crippen molar-refractivity contribution < 1.29 is 22.1 Å². The molecule has 0 unspecified atom stereocenters. The zero-order chi connectivity index (χ0) is 23.1. The van der Waals surface area contributed by atoms with E-state index in [9.17, 15) is 8.42 Å². The first-order valence-electron chi connectivity index (χ1n) is 9.72. The molecule has 0 aliphatic heterocycles. The normalized spacial score (nSPS) is 10.6. The summed E-state index contributed by atoms with van der Waals surface area (Å²) in [6, 6.07) is 15.1. The lowest BCUT2D eigenvalue weighted by atomic mass is 10.2. The highest BCUT2D eigenvalue weighted by Crippen LogP contribution is 2.30. The number of anilines is 1. The van der Waals surface area contributed by atoms with Crippen LogP contribution in [0.3, 0.4) is 0 Å². The molecular formula is C24H24N2O5S. The van der Waals surface area contributed by atoms with Crippen molar-refractivity contribution in [3.63, 3.8) is 0 Å². The van der Waals surface area contributed by atoms with E-state index in [0.29, 0.717) is 29.4 Å². The van der Waals surface area contributed by atoms with Crippen LogP contribution >= 0.6 is 0 Å². The summed E-state index contributed by atoms with van der Waals surface area (Å²) in [6.07, 6.45) is 1.58.